The Labute approximate surface area is 628 Å². The van der Waals surface area contributed by atoms with Crippen LogP contribution in [0.5, 0.6) is 0 Å². The minimum absolute atomic E-state index is 0. The fourth-order valence-electron chi connectivity index (χ4n) is 15.6. The first-order valence-electron chi connectivity index (χ1n) is 35.9. The van der Waals surface area contributed by atoms with Crippen molar-refractivity contribution in [3.63, 3.8) is 0 Å². The van der Waals surface area contributed by atoms with Crippen molar-refractivity contribution in [1.29, 1.82) is 0 Å². The predicted molar refractivity (Wildman–Crippen MR) is 453 cm³/mol. The fraction of sp³-hybridized carbons (Fsp3) is 0.0722. The lowest BCUT2D eigenvalue weighted by Gasteiger charge is -2.32. The average molecular weight is 1440 g/mol. The molecular weight excluding hydrogens is 1370 g/mol. The van der Waals surface area contributed by atoms with E-state index in [1.54, 1.807) is 0 Å². The van der Waals surface area contributed by atoms with Gasteiger partial charge < -0.3 is 9.31 Å². The molecule has 0 unspecified atom stereocenters. The molecule has 1 saturated heterocycles. The second-order valence-electron chi connectivity index (χ2n) is 28.3. The van der Waals surface area contributed by atoms with Crippen LogP contribution < -0.4 is 5.46 Å². The number of fused-ring (bicyclic) bond motifs is 22. The minimum atomic E-state index is -0.422. The molecule has 107 heavy (non-hydrogen) atoms. The van der Waals surface area contributed by atoms with E-state index >= 15 is 0 Å². The molecule has 0 saturated carbocycles. The summed E-state index contributed by atoms with van der Waals surface area (Å²) in [5, 5.41) is 21.6. The highest BCUT2D eigenvalue weighted by Gasteiger charge is 2.51. The number of nitrogens with zero attached hydrogens (tertiary/aromatic N) is 6. The Bertz CT molecular complexity index is 6930. The largest absolute Gasteiger partial charge is 0.494 e. The molecule has 21 rings (SSSR count). The van der Waals surface area contributed by atoms with E-state index in [0.29, 0.717) is 0 Å². The number of rotatable bonds is 6. The molecule has 8 nitrogen and oxygen atoms in total. The zero-order chi connectivity index (χ0) is 71.2. The van der Waals surface area contributed by atoms with Crippen molar-refractivity contribution >= 4 is 159 Å². The Morgan fingerprint density at radius 3 is 1.09 bits per heavy atom. The van der Waals surface area contributed by atoms with Gasteiger partial charge in [-0.3, -0.25) is 9.97 Å². The van der Waals surface area contributed by atoms with Crippen LogP contribution in [0.3, 0.4) is 0 Å². The van der Waals surface area contributed by atoms with E-state index in [-0.39, 0.29) is 7.43 Å². The zero-order valence-corrected chi connectivity index (χ0v) is 60.2. The van der Waals surface area contributed by atoms with Gasteiger partial charge in [-0.15, -0.1) is 0 Å². The van der Waals surface area contributed by atoms with Crippen molar-refractivity contribution in [3.8, 4) is 56.2 Å². The second-order valence-corrected chi connectivity index (χ2v) is 29.2. The van der Waals surface area contributed by atoms with Gasteiger partial charge in [-0.2, -0.15) is 0 Å². The number of aromatic nitrogens is 6. The lowest BCUT2D eigenvalue weighted by atomic mass is 9.78. The van der Waals surface area contributed by atoms with Gasteiger partial charge in [0, 0.05) is 93.0 Å². The van der Waals surface area contributed by atoms with Crippen LogP contribution in [-0.2, 0) is 9.31 Å². The van der Waals surface area contributed by atoms with E-state index in [1.165, 1.54) is 75.4 Å². The van der Waals surface area contributed by atoms with Gasteiger partial charge >= 0.3 is 7.12 Å². The first kappa shape index (κ1) is 66.5. The van der Waals surface area contributed by atoms with E-state index < -0.39 is 18.3 Å². The van der Waals surface area contributed by atoms with Gasteiger partial charge in [0.15, 0.2) is 0 Å². The summed E-state index contributed by atoms with van der Waals surface area (Å²) >= 11 is 3.46. The molecule has 0 radical (unpaired) electrons. The Morgan fingerprint density at radius 1 is 0.280 bits per heavy atom. The van der Waals surface area contributed by atoms with Crippen molar-refractivity contribution in [1.82, 2.24) is 29.9 Å². The second kappa shape index (κ2) is 26.9. The van der Waals surface area contributed by atoms with Gasteiger partial charge in [0.05, 0.1) is 67.1 Å². The third kappa shape index (κ3) is 11.7. The molecule has 0 bridgehead atoms. The standard InChI is InChI=1S/C45H27N3.C33H28BNO2.C18H11BrN2.CH4/c1-3-14-36-34(12-1)35-13-2-4-15-37(35)42-41(36)38-16-5-6-17-40(38)48-43(42)33-10-7-9-32(27-33)28-18-20-29(21-19-28)39-25-24-31-23-22-30-11-8-26-46-44(30)45(31)47-39;1-32(2)33(3,4)37-34(36-32)22-13-11-12-21(20-22)31-30-26-17-8-6-15-24(26)23-14-5-7-16-25(23)29(30)27-18-9-10-19-28(27)35-31;19-15-8-5-12(6-9-15)16-10-7-14-4-3-13-2-1-11-20-17(13)18(14)21-16;/h1-27H;5-20H,1-4H3;1-11H;1H4. The summed E-state index contributed by atoms with van der Waals surface area (Å²) in [6.07, 6.45) is 3.65. The number of para-hydroxylation sites is 2. The normalized spacial score (nSPS) is 13.3. The third-order valence-electron chi connectivity index (χ3n) is 21.5. The molecule has 7 heterocycles. The van der Waals surface area contributed by atoms with Crippen molar-refractivity contribution in [2.24, 2.45) is 0 Å². The van der Waals surface area contributed by atoms with E-state index in [2.05, 4.69) is 345 Å². The predicted octanol–water partition coefficient (Wildman–Crippen LogP) is 25.3. The Morgan fingerprint density at radius 2 is 0.636 bits per heavy atom. The minimum Gasteiger partial charge on any atom is -0.399 e. The van der Waals surface area contributed by atoms with E-state index in [0.717, 1.165) is 121 Å². The highest BCUT2D eigenvalue weighted by Crippen LogP contribution is 2.46. The SMILES string of the molecule is Brc1ccc(-c2ccc3ccc4cccnc4c3n2)cc1.C.CC1(C)OB(c2cccc(-c3nc4ccccc4c4c5ccccc5c5ccccc5c34)c2)OC1(C)C.c1cc(-c2ccc(-c3ccc4ccc5cccnc5c4n3)cc2)cc(-c2nc3ccccc3c3c4ccccc4c4ccccc4c23)c1. The monoisotopic (exact) mass is 1440 g/mol. The number of pyridine rings is 6. The van der Waals surface area contributed by atoms with Crippen LogP contribution >= 0.6 is 15.9 Å². The first-order chi connectivity index (χ1) is 51.9. The molecule has 0 N–H and O–H groups in total. The summed E-state index contributed by atoms with van der Waals surface area (Å²) in [6, 6.07) is 111. The van der Waals surface area contributed by atoms with Crippen LogP contribution in [0.4, 0.5) is 0 Å². The highest BCUT2D eigenvalue weighted by molar-refractivity contribution is 9.10. The molecule has 6 aromatic heterocycles. The van der Waals surface area contributed by atoms with Gasteiger partial charge in [0.25, 0.3) is 0 Å². The molecule has 10 heteroatoms. The summed E-state index contributed by atoms with van der Waals surface area (Å²) in [7, 11) is -0.422. The van der Waals surface area contributed by atoms with Gasteiger partial charge in [-0.1, -0.05) is 284 Å². The fourth-order valence-corrected chi connectivity index (χ4v) is 15.8. The maximum Gasteiger partial charge on any atom is 0.494 e. The lowest BCUT2D eigenvalue weighted by molar-refractivity contribution is 0.00578. The molecule has 1 aliphatic rings. The van der Waals surface area contributed by atoms with Crippen LogP contribution in [0.25, 0.3) is 186 Å². The maximum atomic E-state index is 6.38. The number of halogens is 1. The summed E-state index contributed by atoms with van der Waals surface area (Å²) in [5.74, 6) is 0. The Hall–Kier alpha value is -12.4. The molecule has 0 atom stereocenters. The van der Waals surface area contributed by atoms with Gasteiger partial charge in [-0.05, 0) is 142 Å². The average Bonchev–Trinajstić information content (AvgIpc) is 0.921. The third-order valence-corrected chi connectivity index (χ3v) is 22.0. The molecule has 0 aliphatic carbocycles. The summed E-state index contributed by atoms with van der Waals surface area (Å²) in [6.45, 7) is 8.36. The van der Waals surface area contributed by atoms with Crippen molar-refractivity contribution in [2.75, 3.05) is 0 Å². The van der Waals surface area contributed by atoms with Crippen LogP contribution in [0.15, 0.2) is 332 Å². The molecule has 0 spiro atoms. The molecule has 1 aliphatic heterocycles. The summed E-state index contributed by atoms with van der Waals surface area (Å²) in [4.78, 5) is 29.6. The quantitative estimate of drug-likeness (QED) is 0.120. The summed E-state index contributed by atoms with van der Waals surface area (Å²) in [5.41, 5.74) is 16.5. The van der Waals surface area contributed by atoms with Crippen LogP contribution in [0, 0.1) is 0 Å². The molecule has 0 amide bonds. The highest BCUT2D eigenvalue weighted by atomic mass is 79.9. The van der Waals surface area contributed by atoms with Gasteiger partial charge in [0.1, 0.15) is 0 Å². The van der Waals surface area contributed by atoms with Gasteiger partial charge in [0.2, 0.25) is 0 Å². The topological polar surface area (TPSA) is 95.8 Å². The molecule has 1 fully saturated rings. The Balaban J connectivity index is 0.000000121. The van der Waals surface area contributed by atoms with Crippen LogP contribution in [0.2, 0.25) is 0 Å². The Kier molecular flexibility index (Phi) is 16.7. The zero-order valence-electron chi connectivity index (χ0n) is 58.6. The molecule has 14 aromatic carbocycles. The van der Waals surface area contributed by atoms with Crippen molar-refractivity contribution < 1.29 is 9.31 Å². The maximum absolute atomic E-state index is 6.38. The molecule has 20 aromatic rings. The van der Waals surface area contributed by atoms with Crippen molar-refractivity contribution in [2.45, 2.75) is 46.3 Å². The smallest absolute Gasteiger partial charge is 0.399 e. The molecule has 510 valence electrons. The van der Waals surface area contributed by atoms with Crippen molar-refractivity contribution in [3.05, 3.63) is 332 Å². The number of benzene rings is 14. The number of hydrogen-bond acceptors (Lipinski definition) is 8. The summed E-state index contributed by atoms with van der Waals surface area (Å²) < 4.78 is 13.8. The molecular formula is C97H70BBrN6O2. The van der Waals surface area contributed by atoms with Crippen LogP contribution in [-0.4, -0.2) is 48.2 Å². The number of hydrogen-bond donors (Lipinski definition) is 0. The van der Waals surface area contributed by atoms with Gasteiger partial charge in [-0.25, -0.2) is 19.9 Å². The van der Waals surface area contributed by atoms with E-state index in [9.17, 15) is 0 Å². The first-order valence-corrected chi connectivity index (χ1v) is 36.7. The van der Waals surface area contributed by atoms with E-state index in [1.807, 2.05) is 36.7 Å². The lowest BCUT2D eigenvalue weighted by Crippen LogP contribution is -2.41. The van der Waals surface area contributed by atoms with Crippen LogP contribution in [0.1, 0.15) is 35.1 Å². The van der Waals surface area contributed by atoms with E-state index in [4.69, 9.17) is 29.2 Å².